The first-order valence-corrected chi connectivity index (χ1v) is 8.54. The molecule has 0 aromatic heterocycles. The number of carbonyl (C=O) groups excluding carboxylic acids is 1. The van der Waals surface area contributed by atoms with Gasteiger partial charge in [-0.3, -0.25) is 15.1 Å². The molecule has 0 spiro atoms. The molecule has 5 heteroatoms. The Bertz CT molecular complexity index is 484. The summed E-state index contributed by atoms with van der Waals surface area (Å²) in [5, 5.41) is 0. The molecule has 0 aromatic carbocycles. The highest BCUT2D eigenvalue weighted by molar-refractivity contribution is 5.85. The average Bonchev–Trinajstić information content (AvgIpc) is 2.49. The molecule has 0 aromatic rings. The number of allylic oxidation sites excluding steroid dienone is 1. The third-order valence-corrected chi connectivity index (χ3v) is 4.78. The molecule has 130 valence electrons. The van der Waals surface area contributed by atoms with Crippen LogP contribution in [-0.4, -0.2) is 55.5 Å². The van der Waals surface area contributed by atoms with Crippen molar-refractivity contribution in [2.75, 3.05) is 39.8 Å². The van der Waals surface area contributed by atoms with Crippen molar-refractivity contribution < 1.29 is 4.79 Å². The number of likely N-dealkylation sites (N-methyl/N-ethyl adjacent to an activating group) is 1. The number of hydrogen-bond acceptors (Lipinski definition) is 4. The molecule has 1 saturated heterocycles. The van der Waals surface area contributed by atoms with E-state index < -0.39 is 5.41 Å². The smallest absolute Gasteiger partial charge is 0.244 e. The summed E-state index contributed by atoms with van der Waals surface area (Å²) >= 11 is 0. The third-order valence-electron chi connectivity index (χ3n) is 4.78. The molecule has 1 fully saturated rings. The molecular weight excluding hydrogens is 288 g/mol. The van der Waals surface area contributed by atoms with Crippen molar-refractivity contribution in [3.05, 3.63) is 23.8 Å². The van der Waals surface area contributed by atoms with Gasteiger partial charge in [0.05, 0.1) is 5.41 Å². The minimum atomic E-state index is -0.515. The van der Waals surface area contributed by atoms with E-state index in [1.54, 1.807) is 0 Å². The number of nitrogens with two attached hydrogens (primary N) is 1. The van der Waals surface area contributed by atoms with Gasteiger partial charge >= 0.3 is 0 Å². The van der Waals surface area contributed by atoms with Gasteiger partial charge in [-0.25, -0.2) is 5.84 Å². The number of hydrazine groups is 1. The van der Waals surface area contributed by atoms with Crippen molar-refractivity contribution in [1.82, 2.24) is 15.2 Å². The Morgan fingerprint density at radius 3 is 2.43 bits per heavy atom. The SMILES string of the molecule is CN1CCN(CC2=CCC(CC(C)(C)C)(C(=O)NN)C=C2)CC1. The van der Waals surface area contributed by atoms with Crippen LogP contribution in [0.1, 0.15) is 33.6 Å². The van der Waals surface area contributed by atoms with Gasteiger partial charge in [0.1, 0.15) is 0 Å². The normalized spacial score (nSPS) is 26.9. The summed E-state index contributed by atoms with van der Waals surface area (Å²) in [4.78, 5) is 17.2. The van der Waals surface area contributed by atoms with E-state index in [0.717, 1.165) is 45.6 Å². The predicted molar refractivity (Wildman–Crippen MR) is 94.6 cm³/mol. The Balaban J connectivity index is 2.02. The number of nitrogens with zero attached hydrogens (tertiary/aromatic N) is 2. The van der Waals surface area contributed by atoms with Crippen LogP contribution in [0.3, 0.4) is 0 Å². The largest absolute Gasteiger partial charge is 0.304 e. The van der Waals surface area contributed by atoms with Crippen molar-refractivity contribution in [3.63, 3.8) is 0 Å². The summed E-state index contributed by atoms with van der Waals surface area (Å²) in [7, 11) is 2.17. The second kappa shape index (κ2) is 7.16. The Hall–Kier alpha value is -1.17. The van der Waals surface area contributed by atoms with E-state index in [2.05, 4.69) is 61.3 Å². The van der Waals surface area contributed by atoms with Gasteiger partial charge in [-0.15, -0.1) is 0 Å². The van der Waals surface area contributed by atoms with Gasteiger partial charge in [0.15, 0.2) is 0 Å². The lowest BCUT2D eigenvalue weighted by Gasteiger charge is -2.37. The topological polar surface area (TPSA) is 61.6 Å². The quantitative estimate of drug-likeness (QED) is 0.468. The molecule has 0 radical (unpaired) electrons. The lowest BCUT2D eigenvalue weighted by Crippen LogP contribution is -2.46. The number of piperazine rings is 1. The van der Waals surface area contributed by atoms with Gasteiger partial charge in [0, 0.05) is 32.7 Å². The van der Waals surface area contributed by atoms with Crippen LogP contribution in [0.2, 0.25) is 0 Å². The van der Waals surface area contributed by atoms with Crippen LogP contribution in [0.15, 0.2) is 23.8 Å². The number of hydrogen-bond donors (Lipinski definition) is 2. The number of carbonyl (C=O) groups is 1. The zero-order valence-electron chi connectivity index (χ0n) is 15.1. The van der Waals surface area contributed by atoms with E-state index >= 15 is 0 Å². The molecule has 1 atom stereocenters. The van der Waals surface area contributed by atoms with Crippen LogP contribution in [0, 0.1) is 10.8 Å². The Morgan fingerprint density at radius 2 is 1.96 bits per heavy atom. The summed E-state index contributed by atoms with van der Waals surface area (Å²) in [6.45, 7) is 11.9. The average molecular weight is 320 g/mol. The maximum atomic E-state index is 12.4. The van der Waals surface area contributed by atoms with Crippen LogP contribution in [0.5, 0.6) is 0 Å². The molecule has 2 rings (SSSR count). The Morgan fingerprint density at radius 1 is 1.30 bits per heavy atom. The van der Waals surface area contributed by atoms with Gasteiger partial charge in [-0.05, 0) is 30.9 Å². The van der Waals surface area contributed by atoms with Crippen LogP contribution in [0.4, 0.5) is 0 Å². The fourth-order valence-corrected chi connectivity index (χ4v) is 3.57. The fraction of sp³-hybridized carbons (Fsp3) is 0.722. The van der Waals surface area contributed by atoms with Gasteiger partial charge in [-0.2, -0.15) is 0 Å². The number of amides is 1. The lowest BCUT2D eigenvalue weighted by atomic mass is 9.69. The second-order valence-electron chi connectivity index (χ2n) is 8.26. The molecule has 1 heterocycles. The zero-order valence-corrected chi connectivity index (χ0v) is 15.1. The highest BCUT2D eigenvalue weighted by atomic mass is 16.2. The van der Waals surface area contributed by atoms with Gasteiger partial charge < -0.3 is 4.90 Å². The molecule has 1 amide bonds. The first-order valence-electron chi connectivity index (χ1n) is 8.54. The minimum Gasteiger partial charge on any atom is -0.304 e. The van der Waals surface area contributed by atoms with Crippen molar-refractivity contribution in [2.45, 2.75) is 33.6 Å². The number of nitrogens with one attached hydrogen (secondary N) is 1. The maximum absolute atomic E-state index is 12.4. The van der Waals surface area contributed by atoms with E-state index in [1.165, 1.54) is 5.57 Å². The summed E-state index contributed by atoms with van der Waals surface area (Å²) in [6, 6.07) is 0. The molecule has 1 aliphatic carbocycles. The molecule has 1 aliphatic heterocycles. The van der Waals surface area contributed by atoms with E-state index in [0.29, 0.717) is 0 Å². The minimum absolute atomic E-state index is 0.0691. The zero-order chi connectivity index (χ0) is 17.1. The van der Waals surface area contributed by atoms with E-state index in [1.807, 2.05) is 0 Å². The van der Waals surface area contributed by atoms with Gasteiger partial charge in [0.2, 0.25) is 5.91 Å². The molecule has 23 heavy (non-hydrogen) atoms. The molecule has 0 saturated carbocycles. The summed E-state index contributed by atoms with van der Waals surface area (Å²) in [6.07, 6.45) is 7.94. The summed E-state index contributed by atoms with van der Waals surface area (Å²) < 4.78 is 0. The standard InChI is InChI=1S/C18H32N4O/c1-17(2,3)14-18(16(23)20-19)7-5-15(6-8-18)13-22-11-9-21(4)10-12-22/h5-7H,8-14,19H2,1-4H3,(H,20,23). The third kappa shape index (κ3) is 4.90. The van der Waals surface area contributed by atoms with Gasteiger partial charge in [-0.1, -0.05) is 39.0 Å². The van der Waals surface area contributed by atoms with Crippen LogP contribution in [0.25, 0.3) is 0 Å². The Kier molecular flexibility index (Phi) is 5.65. The van der Waals surface area contributed by atoms with Gasteiger partial charge in [0.25, 0.3) is 0 Å². The summed E-state index contributed by atoms with van der Waals surface area (Å²) in [5.41, 5.74) is 3.23. The molecule has 2 aliphatic rings. The Labute approximate surface area is 140 Å². The first-order chi connectivity index (χ1) is 10.7. The lowest BCUT2D eigenvalue weighted by molar-refractivity contribution is -0.130. The van der Waals surface area contributed by atoms with Crippen molar-refractivity contribution >= 4 is 5.91 Å². The van der Waals surface area contributed by atoms with Crippen molar-refractivity contribution in [1.29, 1.82) is 0 Å². The molecule has 0 bridgehead atoms. The fourth-order valence-electron chi connectivity index (χ4n) is 3.57. The molecule has 1 unspecified atom stereocenters. The van der Waals surface area contributed by atoms with E-state index in [-0.39, 0.29) is 11.3 Å². The molecular formula is C18H32N4O. The van der Waals surface area contributed by atoms with Crippen LogP contribution in [-0.2, 0) is 4.79 Å². The van der Waals surface area contributed by atoms with Crippen LogP contribution >= 0.6 is 0 Å². The number of rotatable bonds is 4. The van der Waals surface area contributed by atoms with Crippen molar-refractivity contribution in [3.8, 4) is 0 Å². The highest BCUT2D eigenvalue weighted by Crippen LogP contribution is 2.41. The van der Waals surface area contributed by atoms with E-state index in [4.69, 9.17) is 5.84 Å². The molecule has 5 nitrogen and oxygen atoms in total. The van der Waals surface area contributed by atoms with Crippen molar-refractivity contribution in [2.24, 2.45) is 16.7 Å². The second-order valence-corrected chi connectivity index (χ2v) is 8.26. The monoisotopic (exact) mass is 320 g/mol. The maximum Gasteiger partial charge on any atom is 0.244 e. The summed E-state index contributed by atoms with van der Waals surface area (Å²) in [5.74, 6) is 5.35. The highest BCUT2D eigenvalue weighted by Gasteiger charge is 2.39. The van der Waals surface area contributed by atoms with Crippen LogP contribution < -0.4 is 11.3 Å². The predicted octanol–water partition coefficient (Wildman–Crippen LogP) is 1.53. The van der Waals surface area contributed by atoms with E-state index in [9.17, 15) is 4.79 Å². The first kappa shape index (κ1) is 18.2. The molecule has 3 N–H and O–H groups in total.